The highest BCUT2D eigenvalue weighted by Gasteiger charge is 2.41. The van der Waals surface area contributed by atoms with Crippen LogP contribution in [-0.4, -0.2) is 62.4 Å². The minimum atomic E-state index is -1.11. The minimum absolute atomic E-state index is 0.324. The van der Waals surface area contributed by atoms with E-state index in [1.807, 2.05) is 26.2 Å². The highest BCUT2D eigenvalue weighted by atomic mass is 32.2. The van der Waals surface area contributed by atoms with Crippen molar-refractivity contribution < 1.29 is 19.5 Å². The molecule has 2 unspecified atom stereocenters. The second-order valence-electron chi connectivity index (χ2n) is 7.50. The van der Waals surface area contributed by atoms with Crippen LogP contribution in [0.2, 0.25) is 0 Å². The van der Waals surface area contributed by atoms with Gasteiger partial charge in [0, 0.05) is 35.8 Å². The molecule has 0 saturated heterocycles. The van der Waals surface area contributed by atoms with Crippen molar-refractivity contribution in [2.24, 2.45) is 4.99 Å². The normalized spacial score (nSPS) is 17.2. The van der Waals surface area contributed by atoms with Gasteiger partial charge in [-0.05, 0) is 25.8 Å². The van der Waals surface area contributed by atoms with Crippen molar-refractivity contribution in [3.05, 3.63) is 28.9 Å². The molecule has 0 radical (unpaired) electrons. The summed E-state index contributed by atoms with van der Waals surface area (Å²) in [6.07, 6.45) is 4.01. The number of amides is 3. The van der Waals surface area contributed by atoms with E-state index < -0.39 is 23.2 Å². The first-order chi connectivity index (χ1) is 16.4. The fourth-order valence-electron chi connectivity index (χ4n) is 3.20. The first kappa shape index (κ1) is 25.6. The van der Waals surface area contributed by atoms with Crippen LogP contribution in [-0.2, 0) is 16.0 Å². The molecule has 1 aliphatic rings. The number of pyridine rings is 1. The quantitative estimate of drug-likeness (QED) is 0.364. The Morgan fingerprint density at radius 2 is 1.94 bits per heavy atom. The summed E-state index contributed by atoms with van der Waals surface area (Å²) in [6, 6.07) is 0.262. The maximum Gasteiger partial charge on any atom is 0.320 e. The van der Waals surface area contributed by atoms with Gasteiger partial charge in [0.25, 0.3) is 0 Å². The van der Waals surface area contributed by atoms with Gasteiger partial charge in [-0.3, -0.25) is 19.9 Å². The predicted octanol–water partition coefficient (Wildman–Crippen LogP) is 3.14. The van der Waals surface area contributed by atoms with Gasteiger partial charge < -0.3 is 15.7 Å². The molecule has 3 heterocycles. The van der Waals surface area contributed by atoms with Crippen molar-refractivity contribution in [2.45, 2.75) is 51.3 Å². The van der Waals surface area contributed by atoms with Crippen molar-refractivity contribution in [1.82, 2.24) is 20.6 Å². The molecular weight excluding hydrogens is 476 g/mol. The lowest BCUT2D eigenvalue weighted by Crippen LogP contribution is -2.41. The van der Waals surface area contributed by atoms with E-state index in [2.05, 4.69) is 30.9 Å². The monoisotopic (exact) mass is 504 g/mol. The summed E-state index contributed by atoms with van der Waals surface area (Å²) >= 11 is 2.46. The SMILES string of the molecule is CCCCNC(=O)C1N=C(c2cnc(NC(=O)NCC)cc2-c2nc(CC)cs2)SC1C(=O)O. The number of aliphatic carboxylic acids is 1. The highest BCUT2D eigenvalue weighted by molar-refractivity contribution is 8.15. The number of carbonyl (C=O) groups is 3. The molecule has 0 bridgehead atoms. The lowest BCUT2D eigenvalue weighted by molar-refractivity contribution is -0.138. The summed E-state index contributed by atoms with van der Waals surface area (Å²) in [7, 11) is 0. The van der Waals surface area contributed by atoms with Crippen LogP contribution in [0.25, 0.3) is 10.6 Å². The maximum atomic E-state index is 12.7. The topological polar surface area (TPSA) is 146 Å². The van der Waals surface area contributed by atoms with E-state index in [0.717, 1.165) is 36.7 Å². The number of urea groups is 1. The van der Waals surface area contributed by atoms with Gasteiger partial charge in [-0.2, -0.15) is 0 Å². The first-order valence-corrected chi connectivity index (χ1v) is 12.9. The molecule has 3 amide bonds. The van der Waals surface area contributed by atoms with Crippen LogP contribution < -0.4 is 16.0 Å². The average Bonchev–Trinajstić information content (AvgIpc) is 3.47. The fraction of sp³-hybridized carbons (Fsp3) is 0.455. The molecule has 1 aliphatic heterocycles. The molecule has 0 saturated carbocycles. The summed E-state index contributed by atoms with van der Waals surface area (Å²) in [4.78, 5) is 50.0. The average molecular weight is 505 g/mol. The van der Waals surface area contributed by atoms with E-state index in [4.69, 9.17) is 0 Å². The van der Waals surface area contributed by atoms with Crippen LogP contribution in [0, 0.1) is 0 Å². The van der Waals surface area contributed by atoms with E-state index in [9.17, 15) is 19.5 Å². The number of carbonyl (C=O) groups excluding carboxylic acids is 2. The van der Waals surface area contributed by atoms with Crippen molar-refractivity contribution >= 4 is 51.9 Å². The molecule has 3 rings (SSSR count). The lowest BCUT2D eigenvalue weighted by Gasteiger charge is -2.12. The summed E-state index contributed by atoms with van der Waals surface area (Å²) < 4.78 is 0. The minimum Gasteiger partial charge on any atom is -0.480 e. The van der Waals surface area contributed by atoms with Crippen molar-refractivity contribution in [3.63, 3.8) is 0 Å². The molecular formula is C22H28N6O4S2. The largest absolute Gasteiger partial charge is 0.480 e. The zero-order chi connectivity index (χ0) is 24.7. The Labute approximate surface area is 206 Å². The summed E-state index contributed by atoms with van der Waals surface area (Å²) in [5, 5.41) is 19.9. The van der Waals surface area contributed by atoms with Gasteiger partial charge in [-0.1, -0.05) is 32.0 Å². The molecule has 2 atom stereocenters. The predicted molar refractivity (Wildman–Crippen MR) is 135 cm³/mol. The molecule has 2 aromatic rings. The molecule has 0 aromatic carbocycles. The number of carboxylic acids is 1. The van der Waals surface area contributed by atoms with Crippen LogP contribution >= 0.6 is 23.1 Å². The highest BCUT2D eigenvalue weighted by Crippen LogP contribution is 2.37. The molecule has 182 valence electrons. The third kappa shape index (κ3) is 6.11. The van der Waals surface area contributed by atoms with Gasteiger partial charge in [-0.15, -0.1) is 11.3 Å². The smallest absolute Gasteiger partial charge is 0.320 e. The third-order valence-electron chi connectivity index (χ3n) is 4.98. The molecule has 0 aliphatic carbocycles. The number of unbranched alkanes of at least 4 members (excludes halogenated alkanes) is 1. The number of anilines is 1. The van der Waals surface area contributed by atoms with Gasteiger partial charge >= 0.3 is 12.0 Å². The summed E-state index contributed by atoms with van der Waals surface area (Å²) in [6.45, 7) is 6.76. The van der Waals surface area contributed by atoms with E-state index in [-0.39, 0.29) is 6.03 Å². The zero-order valence-corrected chi connectivity index (χ0v) is 20.9. The maximum absolute atomic E-state index is 12.7. The fourth-order valence-corrected chi connectivity index (χ4v) is 5.25. The van der Waals surface area contributed by atoms with Crippen molar-refractivity contribution in [2.75, 3.05) is 18.4 Å². The molecule has 2 aromatic heterocycles. The summed E-state index contributed by atoms with van der Waals surface area (Å²) in [5.41, 5.74) is 2.14. The Morgan fingerprint density at radius 3 is 2.59 bits per heavy atom. The number of thioether (sulfide) groups is 1. The van der Waals surface area contributed by atoms with Crippen LogP contribution in [0.4, 0.5) is 10.6 Å². The Kier molecular flexibility index (Phi) is 8.99. The van der Waals surface area contributed by atoms with Gasteiger partial charge in [0.15, 0.2) is 6.04 Å². The number of aliphatic imine (C=N–C) groups is 1. The van der Waals surface area contributed by atoms with Gasteiger partial charge in [0.1, 0.15) is 21.1 Å². The lowest BCUT2D eigenvalue weighted by atomic mass is 10.1. The number of thiazole rings is 1. The zero-order valence-electron chi connectivity index (χ0n) is 19.3. The molecule has 0 fully saturated rings. The Bertz CT molecular complexity index is 1090. The number of nitrogens with one attached hydrogen (secondary N) is 3. The van der Waals surface area contributed by atoms with Gasteiger partial charge in [0.2, 0.25) is 5.91 Å². The van der Waals surface area contributed by atoms with Crippen molar-refractivity contribution in [3.8, 4) is 10.6 Å². The van der Waals surface area contributed by atoms with E-state index in [0.29, 0.717) is 40.1 Å². The van der Waals surface area contributed by atoms with E-state index in [1.165, 1.54) is 17.5 Å². The second kappa shape index (κ2) is 11.9. The third-order valence-corrected chi connectivity index (χ3v) is 7.17. The summed E-state index contributed by atoms with van der Waals surface area (Å²) in [5.74, 6) is -1.19. The van der Waals surface area contributed by atoms with Crippen LogP contribution in [0.5, 0.6) is 0 Å². The van der Waals surface area contributed by atoms with Crippen LogP contribution in [0.3, 0.4) is 0 Å². The number of carboxylic acid groups (broad SMARTS) is 1. The Balaban J connectivity index is 1.99. The number of hydrogen-bond donors (Lipinski definition) is 4. The second-order valence-corrected chi connectivity index (χ2v) is 9.49. The van der Waals surface area contributed by atoms with Crippen molar-refractivity contribution in [1.29, 1.82) is 0 Å². The van der Waals surface area contributed by atoms with E-state index >= 15 is 0 Å². The Morgan fingerprint density at radius 1 is 1.15 bits per heavy atom. The molecule has 10 nitrogen and oxygen atoms in total. The van der Waals surface area contributed by atoms with E-state index in [1.54, 1.807) is 6.07 Å². The number of hydrogen-bond acceptors (Lipinski definition) is 8. The van der Waals surface area contributed by atoms with Gasteiger partial charge in [-0.25, -0.2) is 14.8 Å². The Hall–Kier alpha value is -2.99. The molecule has 12 heteroatoms. The number of aryl methyl sites for hydroxylation is 1. The molecule has 4 N–H and O–H groups in total. The van der Waals surface area contributed by atoms with Crippen LogP contribution in [0.1, 0.15) is 44.9 Å². The van der Waals surface area contributed by atoms with Crippen LogP contribution in [0.15, 0.2) is 22.6 Å². The first-order valence-electron chi connectivity index (χ1n) is 11.1. The van der Waals surface area contributed by atoms with Gasteiger partial charge in [0.05, 0.1) is 5.69 Å². The number of aromatic nitrogens is 2. The number of rotatable bonds is 10. The standard InChI is InChI=1S/C22H28N6O4S2/c1-4-7-8-24-18(29)16-17(21(30)31)34-20(28-16)14-10-25-15(27-22(32)23-6-3)9-13(14)19-26-12(5-2)11-33-19/h9-11,16-17H,4-8H2,1-3H3,(H,24,29)(H,30,31)(H2,23,25,27,32). The molecule has 0 spiro atoms. The molecule has 34 heavy (non-hydrogen) atoms. The number of nitrogens with zero attached hydrogens (tertiary/aromatic N) is 3.